The molecule has 1 rings (SSSR count). The highest BCUT2D eigenvalue weighted by Crippen LogP contribution is 2.35. The molecule has 1 aromatic carbocycles. The number of carbonyl (C=O) groups excluding carboxylic acids is 1. The van der Waals surface area contributed by atoms with Crippen LogP contribution < -0.4 is 4.72 Å². The zero-order chi connectivity index (χ0) is 16.5. The first-order valence-electron chi connectivity index (χ1n) is 4.91. The van der Waals surface area contributed by atoms with Gasteiger partial charge in [-0.2, -0.15) is 22.0 Å². The van der Waals surface area contributed by atoms with Gasteiger partial charge in [0.25, 0.3) is 10.0 Å². The number of nitrogens with one attached hydrogen (secondary N) is 1. The number of rotatable bonds is 3. The van der Waals surface area contributed by atoms with Crippen molar-refractivity contribution in [3.05, 3.63) is 35.7 Å². The van der Waals surface area contributed by atoms with Crippen LogP contribution in [0.15, 0.2) is 29.2 Å². The molecule has 0 radical (unpaired) electrons. The van der Waals surface area contributed by atoms with Crippen molar-refractivity contribution >= 4 is 21.6 Å². The second-order valence-electron chi connectivity index (χ2n) is 3.61. The van der Waals surface area contributed by atoms with Gasteiger partial charge >= 0.3 is 18.0 Å². The zero-order valence-corrected chi connectivity index (χ0v) is 10.6. The van der Waals surface area contributed by atoms with Gasteiger partial charge in [-0.1, -0.05) is 24.3 Å². The van der Waals surface area contributed by atoms with Gasteiger partial charge in [0, 0.05) is 0 Å². The van der Waals surface area contributed by atoms with Crippen molar-refractivity contribution in [1.82, 2.24) is 4.72 Å². The molecule has 0 aromatic heterocycles. The Morgan fingerprint density at radius 2 is 1.57 bits per heavy atom. The highest BCUT2D eigenvalue weighted by atomic mass is 32.2. The molecule has 114 valence electrons. The number of halogens is 5. The Bertz CT molecular complexity index is 689. The van der Waals surface area contributed by atoms with Crippen molar-refractivity contribution in [3.8, 4) is 0 Å². The Labute approximate surface area is 115 Å². The molecule has 1 amide bonds. The lowest BCUT2D eigenvalue weighted by atomic mass is 10.3. The van der Waals surface area contributed by atoms with E-state index in [2.05, 4.69) is 4.85 Å². The third kappa shape index (κ3) is 3.46. The third-order valence-electron chi connectivity index (χ3n) is 2.14. The molecule has 1 N–H and O–H groups in total. The topological polar surface area (TPSA) is 67.6 Å². The minimum absolute atomic E-state index is 0.0147. The highest BCUT2D eigenvalue weighted by molar-refractivity contribution is 7.90. The van der Waals surface area contributed by atoms with Crippen LogP contribution in [0.4, 0.5) is 27.6 Å². The number of nitrogens with zero attached hydrogens (tertiary/aromatic N) is 1. The first-order valence-corrected chi connectivity index (χ1v) is 6.39. The van der Waals surface area contributed by atoms with Crippen molar-refractivity contribution < 1.29 is 35.2 Å². The van der Waals surface area contributed by atoms with Crippen molar-refractivity contribution in [2.45, 2.75) is 17.0 Å². The number of carbonyl (C=O) groups is 1. The molecular weight excluding hydrogens is 323 g/mol. The number of sulfonamides is 1. The average molecular weight is 328 g/mol. The molecule has 1 aromatic rings. The number of hydrogen-bond donors (Lipinski definition) is 1. The molecule has 0 aliphatic rings. The van der Waals surface area contributed by atoms with E-state index in [9.17, 15) is 35.2 Å². The smallest absolute Gasteiger partial charge is 0.267 e. The first-order chi connectivity index (χ1) is 9.41. The van der Waals surface area contributed by atoms with Crippen LogP contribution in [0, 0.1) is 6.57 Å². The summed E-state index contributed by atoms with van der Waals surface area (Å²) in [5.74, 6) is -8.86. The molecule has 0 atom stereocenters. The molecule has 0 saturated carbocycles. The van der Waals surface area contributed by atoms with Crippen molar-refractivity contribution in [2.24, 2.45) is 0 Å². The van der Waals surface area contributed by atoms with Gasteiger partial charge in [0.2, 0.25) is 0 Å². The first kappa shape index (κ1) is 16.8. The molecule has 0 fully saturated rings. The minimum atomic E-state index is -6.22. The van der Waals surface area contributed by atoms with Gasteiger partial charge in [0.1, 0.15) is 0 Å². The SMILES string of the molecule is [C-]#[N+]c1ccc(S(=O)(=O)NC(=O)C(F)(F)C(F)(F)F)cc1. The maximum absolute atomic E-state index is 12.6. The minimum Gasteiger partial charge on any atom is -0.267 e. The summed E-state index contributed by atoms with van der Waals surface area (Å²) < 4.78 is 84.7. The van der Waals surface area contributed by atoms with Gasteiger partial charge in [-0.3, -0.25) is 4.79 Å². The quantitative estimate of drug-likeness (QED) is 0.683. The fourth-order valence-corrected chi connectivity index (χ4v) is 2.06. The largest absolute Gasteiger partial charge is 0.463 e. The summed E-state index contributed by atoms with van der Waals surface area (Å²) in [5, 5.41) is 0. The Kier molecular flexibility index (Phi) is 4.24. The van der Waals surface area contributed by atoms with Gasteiger partial charge in [-0.15, -0.1) is 0 Å². The van der Waals surface area contributed by atoms with Crippen LogP contribution in [-0.2, 0) is 14.8 Å². The monoisotopic (exact) mass is 328 g/mol. The average Bonchev–Trinajstić information content (AvgIpc) is 2.37. The van der Waals surface area contributed by atoms with Crippen LogP contribution in [0.25, 0.3) is 4.85 Å². The van der Waals surface area contributed by atoms with Gasteiger partial charge in [0.15, 0.2) is 5.69 Å². The maximum atomic E-state index is 12.6. The van der Waals surface area contributed by atoms with Crippen molar-refractivity contribution in [3.63, 3.8) is 0 Å². The number of hydrogen-bond acceptors (Lipinski definition) is 3. The highest BCUT2D eigenvalue weighted by Gasteiger charge is 2.64. The van der Waals surface area contributed by atoms with E-state index in [1.54, 1.807) is 0 Å². The standard InChI is InChI=1S/C10H5F5N2O3S/c1-16-6-2-4-7(5-3-6)21(19,20)17-8(18)9(11,12)10(13,14)15/h2-5H,(H,17,18). The zero-order valence-electron chi connectivity index (χ0n) is 9.78. The van der Waals surface area contributed by atoms with E-state index in [4.69, 9.17) is 6.57 Å². The second-order valence-corrected chi connectivity index (χ2v) is 5.29. The summed E-state index contributed by atoms with van der Waals surface area (Å²) in [6, 6.07) is 3.56. The van der Waals surface area contributed by atoms with Crippen LogP contribution in [0.2, 0.25) is 0 Å². The lowest BCUT2D eigenvalue weighted by Gasteiger charge is -2.18. The van der Waals surface area contributed by atoms with Crippen LogP contribution in [-0.4, -0.2) is 26.4 Å². The van der Waals surface area contributed by atoms with E-state index in [0.717, 1.165) is 24.3 Å². The summed E-state index contributed by atoms with van der Waals surface area (Å²) in [7, 11) is -4.91. The Morgan fingerprint density at radius 3 is 1.95 bits per heavy atom. The third-order valence-corrected chi connectivity index (χ3v) is 3.49. The molecule has 11 heteroatoms. The van der Waals surface area contributed by atoms with E-state index >= 15 is 0 Å². The number of alkyl halides is 5. The Morgan fingerprint density at radius 1 is 1.10 bits per heavy atom. The second kappa shape index (κ2) is 5.28. The van der Waals surface area contributed by atoms with Crippen LogP contribution in [0.5, 0.6) is 0 Å². The summed E-state index contributed by atoms with van der Waals surface area (Å²) in [6.45, 7) is 6.62. The predicted molar refractivity (Wildman–Crippen MR) is 59.0 cm³/mol. The lowest BCUT2D eigenvalue weighted by Crippen LogP contribution is -2.51. The molecule has 0 bridgehead atoms. The summed E-state index contributed by atoms with van der Waals surface area (Å²) >= 11 is 0. The summed E-state index contributed by atoms with van der Waals surface area (Å²) in [6.07, 6.45) is -6.22. The Hall–Kier alpha value is -2.22. The van der Waals surface area contributed by atoms with E-state index < -0.39 is 32.9 Å². The normalized spacial score (nSPS) is 12.6. The van der Waals surface area contributed by atoms with E-state index in [-0.39, 0.29) is 5.69 Å². The van der Waals surface area contributed by atoms with Crippen LogP contribution in [0.1, 0.15) is 0 Å². The molecular formula is C10H5F5N2O3S. The number of benzene rings is 1. The van der Waals surface area contributed by atoms with Gasteiger partial charge in [-0.25, -0.2) is 18.0 Å². The molecule has 21 heavy (non-hydrogen) atoms. The van der Waals surface area contributed by atoms with Crippen molar-refractivity contribution in [2.75, 3.05) is 0 Å². The molecule has 0 aliphatic heterocycles. The van der Waals surface area contributed by atoms with E-state index in [0.29, 0.717) is 4.72 Å². The van der Waals surface area contributed by atoms with E-state index in [1.165, 1.54) is 0 Å². The summed E-state index contributed by atoms with van der Waals surface area (Å²) in [4.78, 5) is 13.0. The fourth-order valence-electron chi connectivity index (χ4n) is 1.07. The molecule has 5 nitrogen and oxygen atoms in total. The van der Waals surface area contributed by atoms with Crippen molar-refractivity contribution in [1.29, 1.82) is 0 Å². The molecule has 0 heterocycles. The van der Waals surface area contributed by atoms with E-state index in [1.807, 2.05) is 0 Å². The lowest BCUT2D eigenvalue weighted by molar-refractivity contribution is -0.268. The van der Waals surface area contributed by atoms with Crippen LogP contribution in [0.3, 0.4) is 0 Å². The molecule has 0 spiro atoms. The number of amides is 1. The maximum Gasteiger partial charge on any atom is 0.463 e. The van der Waals surface area contributed by atoms with Gasteiger partial charge < -0.3 is 0 Å². The molecule has 0 saturated heterocycles. The van der Waals surface area contributed by atoms with Gasteiger partial charge in [0.05, 0.1) is 11.5 Å². The Balaban J connectivity index is 3.06. The fraction of sp³-hybridized carbons (Fsp3) is 0.200. The molecule has 0 aliphatic carbocycles. The van der Waals surface area contributed by atoms with Crippen LogP contribution >= 0.6 is 0 Å². The predicted octanol–water partition coefficient (Wildman–Crippen LogP) is 2.24. The summed E-state index contributed by atoms with van der Waals surface area (Å²) in [5.41, 5.74) is 0.0147. The van der Waals surface area contributed by atoms with Gasteiger partial charge in [-0.05, 0) is 0 Å². The molecule has 0 unspecified atom stereocenters.